The largest absolute Gasteiger partial charge is 0.240 e. The first-order valence-electron chi connectivity index (χ1n) is 0.864. The molecule has 0 aromatic heterocycles. The molecule has 0 rings (SSSR count). The summed E-state index contributed by atoms with van der Waals surface area (Å²) in [5.41, 5.74) is 0. The quantitative estimate of drug-likeness (QED) is 0.322. The molecule has 0 unspecified atom stereocenters. The van der Waals surface area contributed by atoms with Crippen LogP contribution in [0, 0.1) is 7.11 Å². The van der Waals surface area contributed by atoms with Crippen molar-refractivity contribution in [3.8, 4) is 0 Å². The van der Waals surface area contributed by atoms with Gasteiger partial charge in [0.25, 0.3) is 0 Å². The van der Waals surface area contributed by atoms with Gasteiger partial charge in [-0.05, 0) is 0 Å². The molecule has 0 aliphatic heterocycles. The summed E-state index contributed by atoms with van der Waals surface area (Å²) in [6, 6.07) is 0. The summed E-state index contributed by atoms with van der Waals surface area (Å²) in [7, 11) is 4.28. The fourth-order valence-electron chi connectivity index (χ4n) is 0. The average molecular weight is 61.1 g/mol. The molecule has 0 heterocycles. The topological polar surface area (TPSA) is 18.5 Å². The number of hydrogen-bond acceptors (Lipinski definition) is 2. The molecule has 0 saturated carbocycles. The highest BCUT2D eigenvalue weighted by molar-refractivity contribution is 3.74. The lowest BCUT2D eigenvalue weighted by Crippen LogP contribution is -1.69. The second-order valence-electron chi connectivity index (χ2n) is 0.285. The molecule has 0 aromatic rings. The first-order chi connectivity index (χ1) is 1.91. The summed E-state index contributed by atoms with van der Waals surface area (Å²) in [5.74, 6) is 0. The average Bonchev–Trinajstić information content (AvgIpc) is 1.37. The molecule has 0 fully saturated rings. The van der Waals surface area contributed by atoms with E-state index < -0.39 is 0 Å². The maximum atomic E-state index is 3.93. The fourth-order valence-corrected chi connectivity index (χ4v) is 0. The summed E-state index contributed by atoms with van der Waals surface area (Å²) in [6.07, 6.45) is 0. The Kier molecular flexibility index (Phi) is 2.86. The lowest BCUT2D eigenvalue weighted by Gasteiger charge is -1.77. The summed E-state index contributed by atoms with van der Waals surface area (Å²) < 4.78 is 0. The van der Waals surface area contributed by atoms with Crippen LogP contribution in [0.4, 0.5) is 0 Å². The maximum Gasteiger partial charge on any atom is 0.109 e. The van der Waals surface area contributed by atoms with E-state index in [9.17, 15) is 0 Å². The first-order valence-corrected chi connectivity index (χ1v) is 0.864. The Morgan fingerprint density at radius 3 is 2.00 bits per heavy atom. The molecular formula is C2H5O2. The standard InChI is InChI=1S/C2H5O2/c1-3-4-2/h1H2,2H3. The summed E-state index contributed by atoms with van der Waals surface area (Å²) in [6.45, 7) is 0. The predicted molar refractivity (Wildman–Crippen MR) is 13.5 cm³/mol. The van der Waals surface area contributed by atoms with E-state index in [-0.39, 0.29) is 0 Å². The van der Waals surface area contributed by atoms with Crippen molar-refractivity contribution in [2.75, 3.05) is 7.11 Å². The van der Waals surface area contributed by atoms with E-state index in [4.69, 9.17) is 0 Å². The molecule has 0 bridgehead atoms. The lowest BCUT2D eigenvalue weighted by atomic mass is 11.7. The highest BCUT2D eigenvalue weighted by atomic mass is 17.2. The summed E-state index contributed by atoms with van der Waals surface area (Å²) in [4.78, 5) is 7.72. The van der Waals surface area contributed by atoms with Crippen molar-refractivity contribution in [1.29, 1.82) is 0 Å². The van der Waals surface area contributed by atoms with Crippen LogP contribution in [0.1, 0.15) is 0 Å². The molecule has 0 atom stereocenters. The molecule has 25 valence electrons. The summed E-state index contributed by atoms with van der Waals surface area (Å²) >= 11 is 0. The highest BCUT2D eigenvalue weighted by Gasteiger charge is 1.48. The predicted octanol–water partition coefficient (Wildman–Crippen LogP) is 0.356. The second kappa shape index (κ2) is 2.92. The van der Waals surface area contributed by atoms with Gasteiger partial charge in [0.1, 0.15) is 7.11 Å². The normalized spacial score (nSPS) is 7.50. The van der Waals surface area contributed by atoms with Crippen LogP contribution in [0.2, 0.25) is 0 Å². The van der Waals surface area contributed by atoms with Crippen molar-refractivity contribution in [2.24, 2.45) is 0 Å². The van der Waals surface area contributed by atoms with Crippen molar-refractivity contribution >= 4 is 0 Å². The molecule has 1 radical (unpaired) electrons. The van der Waals surface area contributed by atoms with Gasteiger partial charge < -0.3 is 0 Å². The third-order valence-electron chi connectivity index (χ3n) is 0.118. The minimum absolute atomic E-state index is 1.40. The third kappa shape index (κ3) is 1.92. The van der Waals surface area contributed by atoms with Crippen molar-refractivity contribution in [3.63, 3.8) is 0 Å². The van der Waals surface area contributed by atoms with Crippen molar-refractivity contribution < 1.29 is 9.78 Å². The lowest BCUT2D eigenvalue weighted by molar-refractivity contribution is -0.227. The van der Waals surface area contributed by atoms with Crippen LogP contribution in [-0.4, -0.2) is 7.11 Å². The van der Waals surface area contributed by atoms with E-state index in [0.29, 0.717) is 0 Å². The number of rotatable bonds is 1. The van der Waals surface area contributed by atoms with Gasteiger partial charge in [0.2, 0.25) is 0 Å². The Morgan fingerprint density at radius 2 is 2.00 bits per heavy atom. The fraction of sp³-hybridized carbons (Fsp3) is 0.500. The van der Waals surface area contributed by atoms with Gasteiger partial charge in [-0.3, -0.25) is 0 Å². The molecule has 2 nitrogen and oxygen atoms in total. The van der Waals surface area contributed by atoms with Gasteiger partial charge in [0.05, 0.1) is 7.11 Å². The van der Waals surface area contributed by atoms with Crippen LogP contribution in [0.15, 0.2) is 0 Å². The highest BCUT2D eigenvalue weighted by Crippen LogP contribution is 1.56. The molecule has 0 aromatic carbocycles. The van der Waals surface area contributed by atoms with Gasteiger partial charge >= 0.3 is 0 Å². The molecule has 0 aliphatic rings. The molecular weight excluding hydrogens is 56.0 g/mol. The number of hydrogen-bond donors (Lipinski definition) is 0. The maximum absolute atomic E-state index is 3.93. The smallest absolute Gasteiger partial charge is 0.109 e. The van der Waals surface area contributed by atoms with Crippen LogP contribution in [0.5, 0.6) is 0 Å². The van der Waals surface area contributed by atoms with Gasteiger partial charge in [-0.1, -0.05) is 0 Å². The van der Waals surface area contributed by atoms with Crippen LogP contribution in [-0.2, 0) is 9.78 Å². The monoisotopic (exact) mass is 61.0 g/mol. The van der Waals surface area contributed by atoms with Gasteiger partial charge in [-0.15, -0.1) is 0 Å². The Hall–Kier alpha value is -0.0800. The van der Waals surface area contributed by atoms with E-state index in [1.807, 2.05) is 0 Å². The van der Waals surface area contributed by atoms with E-state index in [1.54, 1.807) is 0 Å². The molecule has 0 aliphatic carbocycles. The van der Waals surface area contributed by atoms with E-state index in [2.05, 4.69) is 16.9 Å². The Balaban J connectivity index is 1.97. The Bertz CT molecular complexity index is 6.00. The van der Waals surface area contributed by atoms with E-state index in [0.717, 1.165) is 0 Å². The Labute approximate surface area is 25.3 Å². The van der Waals surface area contributed by atoms with Crippen LogP contribution < -0.4 is 0 Å². The van der Waals surface area contributed by atoms with E-state index >= 15 is 0 Å². The zero-order valence-corrected chi connectivity index (χ0v) is 2.52. The second-order valence-corrected chi connectivity index (χ2v) is 0.285. The molecule has 2 heteroatoms. The molecule has 4 heavy (non-hydrogen) atoms. The molecule has 0 amide bonds. The third-order valence-corrected chi connectivity index (χ3v) is 0.118. The van der Waals surface area contributed by atoms with Gasteiger partial charge in [-0.2, -0.15) is 0 Å². The first kappa shape index (κ1) is 3.92. The zero-order chi connectivity index (χ0) is 3.41. The van der Waals surface area contributed by atoms with Gasteiger partial charge in [0, 0.05) is 0 Å². The zero-order valence-electron chi connectivity index (χ0n) is 2.52. The van der Waals surface area contributed by atoms with Gasteiger partial charge in [0.15, 0.2) is 0 Å². The molecule has 0 saturated heterocycles. The molecule has 0 N–H and O–H groups in total. The van der Waals surface area contributed by atoms with E-state index in [1.165, 1.54) is 7.11 Å². The van der Waals surface area contributed by atoms with Crippen molar-refractivity contribution in [1.82, 2.24) is 0 Å². The minimum atomic E-state index is 1.40. The van der Waals surface area contributed by atoms with Crippen LogP contribution >= 0.6 is 0 Å². The van der Waals surface area contributed by atoms with Crippen LogP contribution in [0.25, 0.3) is 0 Å². The van der Waals surface area contributed by atoms with Crippen molar-refractivity contribution in [2.45, 2.75) is 0 Å². The summed E-state index contributed by atoms with van der Waals surface area (Å²) in [5, 5.41) is 0. The SMILES string of the molecule is [CH2]OOC. The minimum Gasteiger partial charge on any atom is -0.240 e. The van der Waals surface area contributed by atoms with Crippen molar-refractivity contribution in [3.05, 3.63) is 7.11 Å². The van der Waals surface area contributed by atoms with Crippen LogP contribution in [0.3, 0.4) is 0 Å². The Morgan fingerprint density at radius 1 is 1.75 bits per heavy atom. The molecule has 0 spiro atoms. The van der Waals surface area contributed by atoms with Gasteiger partial charge in [-0.25, -0.2) is 9.78 Å².